The Morgan fingerprint density at radius 3 is 2.29 bits per heavy atom. The van der Waals surface area contributed by atoms with Crippen molar-refractivity contribution < 1.29 is 33.5 Å². The summed E-state index contributed by atoms with van der Waals surface area (Å²) < 4.78 is 5.48. The quantitative estimate of drug-likeness (QED) is 0.129. The second kappa shape index (κ2) is 19.5. The fraction of sp³-hybridized carbons (Fsp3) is 0.500. The third-order valence-corrected chi connectivity index (χ3v) is 9.83. The van der Waals surface area contributed by atoms with E-state index >= 15 is 0 Å². The van der Waals surface area contributed by atoms with Crippen LogP contribution >= 0.6 is 11.8 Å². The lowest BCUT2D eigenvalue weighted by Gasteiger charge is -2.37. The van der Waals surface area contributed by atoms with E-state index in [1.165, 1.54) is 21.8 Å². The first-order valence-corrected chi connectivity index (χ1v) is 20.1. The summed E-state index contributed by atoms with van der Waals surface area (Å²) in [4.78, 5) is 84.6. The zero-order valence-corrected chi connectivity index (χ0v) is 33.4. The Balaban J connectivity index is 1.58. The van der Waals surface area contributed by atoms with Crippen molar-refractivity contribution in [3.8, 4) is 0 Å². The monoisotopic (exact) mass is 777 g/mol. The van der Waals surface area contributed by atoms with Crippen molar-refractivity contribution in [2.24, 2.45) is 11.7 Å². The Morgan fingerprint density at radius 2 is 1.64 bits per heavy atom. The highest BCUT2D eigenvalue weighted by Gasteiger charge is 2.43. The highest BCUT2D eigenvalue weighted by molar-refractivity contribution is 7.98. The van der Waals surface area contributed by atoms with E-state index in [0.29, 0.717) is 12.2 Å². The van der Waals surface area contributed by atoms with Gasteiger partial charge in [0, 0.05) is 42.9 Å². The molecule has 1 aliphatic rings. The van der Waals surface area contributed by atoms with E-state index < -0.39 is 65.4 Å². The van der Waals surface area contributed by atoms with E-state index in [4.69, 9.17) is 10.5 Å². The number of hydrazine groups is 1. The molecule has 0 spiro atoms. The lowest BCUT2D eigenvalue weighted by atomic mass is 10.0. The minimum Gasteiger partial charge on any atom is -0.444 e. The predicted molar refractivity (Wildman–Crippen MR) is 212 cm³/mol. The normalized spacial score (nSPS) is 16.0. The van der Waals surface area contributed by atoms with E-state index in [1.807, 2.05) is 74.7 Å². The van der Waals surface area contributed by atoms with Crippen molar-refractivity contribution in [2.45, 2.75) is 103 Å². The third kappa shape index (κ3) is 12.2. The van der Waals surface area contributed by atoms with E-state index in [1.54, 1.807) is 27.0 Å². The molecule has 1 aliphatic heterocycles. The maximum Gasteiger partial charge on any atom is 0.408 e. The second-order valence-corrected chi connectivity index (χ2v) is 16.2. The van der Waals surface area contributed by atoms with Crippen LogP contribution in [0.3, 0.4) is 0 Å². The number of aromatic nitrogens is 1. The highest BCUT2D eigenvalue weighted by atomic mass is 32.2. The fourth-order valence-electron chi connectivity index (χ4n) is 6.41. The van der Waals surface area contributed by atoms with Crippen LogP contribution < -0.4 is 21.7 Å². The van der Waals surface area contributed by atoms with Crippen LogP contribution in [0.15, 0.2) is 60.8 Å². The van der Waals surface area contributed by atoms with E-state index in [9.17, 15) is 28.8 Å². The molecule has 4 atom stereocenters. The van der Waals surface area contributed by atoms with Gasteiger partial charge >= 0.3 is 6.09 Å². The topological polar surface area (TPSA) is 196 Å². The van der Waals surface area contributed by atoms with Crippen molar-refractivity contribution in [3.63, 3.8) is 0 Å². The molecule has 1 aromatic heterocycles. The van der Waals surface area contributed by atoms with Crippen molar-refractivity contribution in [1.29, 1.82) is 0 Å². The summed E-state index contributed by atoms with van der Waals surface area (Å²) >= 11 is 1.49. The summed E-state index contributed by atoms with van der Waals surface area (Å²) in [6.07, 6.45) is 4.09. The number of carbonyl (C=O) groups excluding carboxylic acids is 6. The Kier molecular flexibility index (Phi) is 15.1. The first-order chi connectivity index (χ1) is 26.1. The van der Waals surface area contributed by atoms with Crippen LogP contribution in [0.5, 0.6) is 0 Å². The molecule has 298 valence electrons. The molecule has 2 heterocycles. The number of aromatic amines is 1. The van der Waals surface area contributed by atoms with Crippen LogP contribution in [0.1, 0.15) is 71.4 Å². The van der Waals surface area contributed by atoms with Gasteiger partial charge in [-0.15, -0.1) is 0 Å². The summed E-state index contributed by atoms with van der Waals surface area (Å²) in [7, 11) is 0. The Morgan fingerprint density at radius 1 is 0.964 bits per heavy atom. The zero-order valence-electron chi connectivity index (χ0n) is 32.6. The molecule has 0 aliphatic carbocycles. The van der Waals surface area contributed by atoms with Gasteiger partial charge in [-0.05, 0) is 75.2 Å². The number of nitrogens with zero attached hydrogens (tertiary/aromatic N) is 2. The van der Waals surface area contributed by atoms with Gasteiger partial charge in [0.2, 0.25) is 23.6 Å². The molecule has 6 N–H and O–H groups in total. The van der Waals surface area contributed by atoms with Gasteiger partial charge < -0.3 is 31.4 Å². The van der Waals surface area contributed by atoms with Gasteiger partial charge in [-0.2, -0.15) is 11.8 Å². The standard InChI is InChI=1S/C40H55N7O7S/c1-25(2)16-17-34(48)47(33(35(41)49)19-21-55-6)46-20-18-30(38(46)52)43-36(50)31(22-26-12-8-7-9-13-26)44-37(51)32(45-39(53)54-40(3,4)5)23-27-24-42-29-15-11-10-14-28(27)29/h7-15,24-25,30-33,42H,16-23H2,1-6H3,(H2,41,49)(H,43,50)(H,44,51)(H,45,53)/t30-,31-,32+,33?/m0/s1. The number of fused-ring (bicyclic) bond motifs is 1. The number of H-pyrrole nitrogens is 1. The number of carbonyl (C=O) groups is 6. The minimum atomic E-state index is -1.16. The molecular weight excluding hydrogens is 723 g/mol. The maximum atomic E-state index is 14.1. The first kappa shape index (κ1) is 42.7. The molecule has 4 rings (SSSR count). The number of hydrogen-bond donors (Lipinski definition) is 5. The van der Waals surface area contributed by atoms with Crippen LogP contribution in [-0.4, -0.2) is 99.0 Å². The number of rotatable bonds is 18. The van der Waals surface area contributed by atoms with Crippen LogP contribution in [-0.2, 0) is 41.6 Å². The third-order valence-electron chi connectivity index (χ3n) is 9.19. The molecule has 15 heteroatoms. The number of alkyl carbamates (subject to hydrolysis) is 1. The van der Waals surface area contributed by atoms with Crippen LogP contribution in [0.2, 0.25) is 0 Å². The number of nitrogens with one attached hydrogen (secondary N) is 4. The lowest BCUT2D eigenvalue weighted by molar-refractivity contribution is -0.168. The van der Waals surface area contributed by atoms with Crippen LogP contribution in [0.25, 0.3) is 10.9 Å². The molecule has 2 aromatic carbocycles. The summed E-state index contributed by atoms with van der Waals surface area (Å²) in [5.74, 6) is -2.20. The molecule has 0 bridgehead atoms. The summed E-state index contributed by atoms with van der Waals surface area (Å²) in [6, 6.07) is 12.3. The number of ether oxygens (including phenoxy) is 1. The van der Waals surface area contributed by atoms with Crippen molar-refractivity contribution in [3.05, 3.63) is 71.9 Å². The van der Waals surface area contributed by atoms with Crippen molar-refractivity contribution >= 4 is 58.3 Å². The smallest absolute Gasteiger partial charge is 0.408 e. The minimum absolute atomic E-state index is 0.0719. The number of primary amides is 1. The molecule has 0 saturated carbocycles. The molecule has 1 unspecified atom stereocenters. The SMILES string of the molecule is CSCCC(C(N)=O)N(C(=O)CCC(C)C)N1CC[C@H](NC(=O)[C@H](Cc2ccccc2)NC(=O)[C@@H](Cc2c[nH]c3ccccc23)NC(=O)OC(C)(C)C)C1=O. The second-order valence-electron chi connectivity index (χ2n) is 15.2. The molecule has 6 amide bonds. The van der Waals surface area contributed by atoms with E-state index in [2.05, 4.69) is 20.9 Å². The fourth-order valence-corrected chi connectivity index (χ4v) is 6.87. The Labute approximate surface area is 327 Å². The van der Waals surface area contributed by atoms with Crippen LogP contribution in [0.4, 0.5) is 4.79 Å². The Bertz CT molecular complexity index is 1810. The van der Waals surface area contributed by atoms with Gasteiger partial charge in [-0.1, -0.05) is 62.4 Å². The molecule has 14 nitrogen and oxygen atoms in total. The maximum absolute atomic E-state index is 14.1. The van der Waals surface area contributed by atoms with Crippen LogP contribution in [0, 0.1) is 5.92 Å². The number of para-hydroxylation sites is 1. The number of nitrogens with two attached hydrogens (primary N) is 1. The number of hydrogen-bond acceptors (Lipinski definition) is 8. The summed E-state index contributed by atoms with van der Waals surface area (Å²) in [6.45, 7) is 9.17. The average Bonchev–Trinajstić information content (AvgIpc) is 3.70. The van der Waals surface area contributed by atoms with Crippen molar-refractivity contribution in [1.82, 2.24) is 31.0 Å². The lowest BCUT2D eigenvalue weighted by Crippen LogP contribution is -2.59. The van der Waals surface area contributed by atoms with Gasteiger partial charge in [0.25, 0.3) is 5.91 Å². The molecule has 55 heavy (non-hydrogen) atoms. The molecule has 3 aromatic rings. The van der Waals surface area contributed by atoms with Gasteiger partial charge in [0.1, 0.15) is 29.8 Å². The predicted octanol–water partition coefficient (Wildman–Crippen LogP) is 3.84. The number of benzene rings is 2. The average molecular weight is 778 g/mol. The molecule has 1 fully saturated rings. The van der Waals surface area contributed by atoms with E-state index in [0.717, 1.165) is 22.0 Å². The number of thioether (sulfide) groups is 1. The van der Waals surface area contributed by atoms with E-state index in [-0.39, 0.29) is 44.6 Å². The summed E-state index contributed by atoms with van der Waals surface area (Å²) in [5, 5.41) is 11.6. The Hall–Kier alpha value is -5.05. The molecule has 1 saturated heterocycles. The highest BCUT2D eigenvalue weighted by Crippen LogP contribution is 2.23. The van der Waals surface area contributed by atoms with Gasteiger partial charge in [-0.3, -0.25) is 24.0 Å². The molecular formula is C40H55N7O7S. The number of amides is 6. The van der Waals surface area contributed by atoms with Gasteiger partial charge in [0.05, 0.1) is 0 Å². The summed E-state index contributed by atoms with van der Waals surface area (Å²) in [5.41, 5.74) is 7.33. The van der Waals surface area contributed by atoms with Crippen molar-refractivity contribution in [2.75, 3.05) is 18.6 Å². The van der Waals surface area contributed by atoms with Gasteiger partial charge in [-0.25, -0.2) is 14.8 Å². The largest absolute Gasteiger partial charge is 0.444 e. The first-order valence-electron chi connectivity index (χ1n) is 18.7. The molecule has 0 radical (unpaired) electrons. The van der Waals surface area contributed by atoms with Gasteiger partial charge in [0.15, 0.2) is 0 Å². The zero-order chi connectivity index (χ0) is 40.3.